The van der Waals surface area contributed by atoms with Crippen LogP contribution in [0.3, 0.4) is 0 Å². The van der Waals surface area contributed by atoms with Crippen LogP contribution >= 0.6 is 11.8 Å². The summed E-state index contributed by atoms with van der Waals surface area (Å²) in [5, 5.41) is 15.5. The number of furan rings is 2. The van der Waals surface area contributed by atoms with E-state index in [0.29, 0.717) is 19.0 Å². The number of anilines is 1. The van der Waals surface area contributed by atoms with Crippen LogP contribution in [-0.4, -0.2) is 27.4 Å². The van der Waals surface area contributed by atoms with Gasteiger partial charge in [-0.3, -0.25) is 4.98 Å². The van der Waals surface area contributed by atoms with Gasteiger partial charge in [0.25, 0.3) is 0 Å². The number of hydrogen-bond acceptors (Lipinski definition) is 7. The minimum Gasteiger partial charge on any atom is -0.493 e. The van der Waals surface area contributed by atoms with E-state index in [4.69, 9.17) is 13.9 Å². The van der Waals surface area contributed by atoms with Crippen LogP contribution in [0.4, 0.5) is 5.95 Å². The van der Waals surface area contributed by atoms with E-state index >= 15 is 0 Å². The van der Waals surface area contributed by atoms with Gasteiger partial charge in [0.05, 0.1) is 31.3 Å². The normalized spacial score (nSPS) is 11.0. The molecule has 3 aromatic rings. The lowest BCUT2D eigenvalue weighted by molar-refractivity contribution is 0.439. The molecule has 0 aliphatic rings. The Morgan fingerprint density at radius 2 is 2.04 bits per heavy atom. The van der Waals surface area contributed by atoms with Crippen molar-refractivity contribution in [3.05, 3.63) is 54.0 Å². The minimum atomic E-state index is 0.0638. The molecular formula is C16H20N4O3S. The van der Waals surface area contributed by atoms with Crippen molar-refractivity contribution < 1.29 is 13.9 Å². The van der Waals surface area contributed by atoms with E-state index in [2.05, 4.69) is 20.6 Å². The van der Waals surface area contributed by atoms with E-state index in [-0.39, 0.29) is 5.88 Å². The number of nitrogens with zero attached hydrogens (tertiary/aromatic N) is 1. The first-order valence-corrected chi connectivity index (χ1v) is 8.81. The molecule has 0 amide bonds. The summed E-state index contributed by atoms with van der Waals surface area (Å²) in [6.45, 7) is 2.12. The quantitative estimate of drug-likeness (QED) is 0.418. The standard InChI is InChI=1S/C16H20N4O3S/c21-15-10-19-16(20-15)18-5-7-24-11-14-4-3-13(23-14)9-17-8-12-2-1-6-22-12/h1-4,6,10,17,21H,5,7-9,11H2,(H2,18,19,20). The van der Waals surface area contributed by atoms with Crippen molar-refractivity contribution in [1.82, 2.24) is 15.3 Å². The molecule has 0 radical (unpaired) electrons. The highest BCUT2D eigenvalue weighted by Gasteiger charge is 2.03. The molecule has 0 saturated carbocycles. The number of H-pyrrole nitrogens is 1. The van der Waals surface area contributed by atoms with Gasteiger partial charge >= 0.3 is 0 Å². The molecule has 128 valence electrons. The monoisotopic (exact) mass is 348 g/mol. The van der Waals surface area contributed by atoms with E-state index in [1.165, 1.54) is 6.20 Å². The molecule has 4 N–H and O–H groups in total. The van der Waals surface area contributed by atoms with Crippen molar-refractivity contribution >= 4 is 17.7 Å². The number of aromatic amines is 1. The van der Waals surface area contributed by atoms with E-state index in [1.54, 1.807) is 18.0 Å². The predicted molar refractivity (Wildman–Crippen MR) is 92.9 cm³/mol. The van der Waals surface area contributed by atoms with Gasteiger partial charge < -0.3 is 24.6 Å². The summed E-state index contributed by atoms with van der Waals surface area (Å²) in [7, 11) is 0. The van der Waals surface area contributed by atoms with Gasteiger partial charge in [-0.05, 0) is 24.3 Å². The first-order chi connectivity index (χ1) is 11.8. The zero-order valence-electron chi connectivity index (χ0n) is 13.1. The molecular weight excluding hydrogens is 328 g/mol. The second-order valence-electron chi connectivity index (χ2n) is 5.15. The zero-order chi connectivity index (χ0) is 16.6. The molecule has 3 aromatic heterocycles. The van der Waals surface area contributed by atoms with Crippen LogP contribution in [0.1, 0.15) is 17.3 Å². The molecule has 24 heavy (non-hydrogen) atoms. The van der Waals surface area contributed by atoms with Crippen molar-refractivity contribution in [3.63, 3.8) is 0 Å². The second kappa shape index (κ2) is 8.51. The Labute approximate surface area is 143 Å². The lowest BCUT2D eigenvalue weighted by atomic mass is 10.4. The fourth-order valence-corrected chi connectivity index (χ4v) is 2.88. The van der Waals surface area contributed by atoms with Crippen LogP contribution in [0, 0.1) is 0 Å². The fourth-order valence-electron chi connectivity index (χ4n) is 2.13. The lowest BCUT2D eigenvalue weighted by Crippen LogP contribution is -2.11. The van der Waals surface area contributed by atoms with E-state index in [0.717, 1.165) is 35.3 Å². The summed E-state index contributed by atoms with van der Waals surface area (Å²) in [6, 6.07) is 7.82. The molecule has 0 atom stereocenters. The Hall–Kier alpha value is -2.32. The molecule has 0 bridgehead atoms. The molecule has 8 heteroatoms. The largest absolute Gasteiger partial charge is 0.493 e. The number of aromatic hydroxyl groups is 1. The van der Waals surface area contributed by atoms with Crippen LogP contribution in [0.15, 0.2) is 45.6 Å². The number of aromatic nitrogens is 2. The van der Waals surface area contributed by atoms with Gasteiger partial charge in [0, 0.05) is 12.3 Å². The summed E-state index contributed by atoms with van der Waals surface area (Å²) in [4.78, 5) is 6.67. The van der Waals surface area contributed by atoms with Crippen LogP contribution in [0.25, 0.3) is 0 Å². The average molecular weight is 348 g/mol. The molecule has 3 rings (SSSR count). The molecule has 0 fully saturated rings. The third-order valence-corrected chi connectivity index (χ3v) is 4.22. The Balaban J connectivity index is 1.29. The van der Waals surface area contributed by atoms with Crippen molar-refractivity contribution in [2.24, 2.45) is 0 Å². The van der Waals surface area contributed by atoms with Crippen molar-refractivity contribution in [2.45, 2.75) is 18.8 Å². The fraction of sp³-hybridized carbons (Fsp3) is 0.312. The zero-order valence-corrected chi connectivity index (χ0v) is 13.9. The maximum Gasteiger partial charge on any atom is 0.210 e. The topological polar surface area (TPSA) is 99.2 Å². The second-order valence-corrected chi connectivity index (χ2v) is 6.25. The number of imidazole rings is 1. The number of hydrogen-bond donors (Lipinski definition) is 4. The average Bonchev–Trinajstić information content (AvgIpc) is 3.30. The van der Waals surface area contributed by atoms with Gasteiger partial charge in [0.2, 0.25) is 11.8 Å². The summed E-state index contributed by atoms with van der Waals surface area (Å²) < 4.78 is 11.0. The Bertz CT molecular complexity index is 723. The van der Waals surface area contributed by atoms with Gasteiger partial charge in [-0.25, -0.2) is 4.98 Å². The first-order valence-electron chi connectivity index (χ1n) is 7.66. The van der Waals surface area contributed by atoms with Crippen LogP contribution in [0.2, 0.25) is 0 Å². The van der Waals surface area contributed by atoms with Crippen molar-refractivity contribution in [2.75, 3.05) is 17.6 Å². The molecule has 0 saturated heterocycles. The maximum atomic E-state index is 9.14. The van der Waals surface area contributed by atoms with Gasteiger partial charge in [0.15, 0.2) is 0 Å². The highest BCUT2D eigenvalue weighted by molar-refractivity contribution is 7.98. The van der Waals surface area contributed by atoms with E-state index < -0.39 is 0 Å². The highest BCUT2D eigenvalue weighted by Crippen LogP contribution is 2.16. The highest BCUT2D eigenvalue weighted by atomic mass is 32.2. The number of thioether (sulfide) groups is 1. The summed E-state index contributed by atoms with van der Waals surface area (Å²) in [5.74, 6) is 5.17. The molecule has 7 nitrogen and oxygen atoms in total. The van der Waals surface area contributed by atoms with Crippen LogP contribution < -0.4 is 10.6 Å². The van der Waals surface area contributed by atoms with Crippen LogP contribution in [-0.2, 0) is 18.8 Å². The number of rotatable bonds is 10. The smallest absolute Gasteiger partial charge is 0.210 e. The Morgan fingerprint density at radius 1 is 1.17 bits per heavy atom. The predicted octanol–water partition coefficient (Wildman–Crippen LogP) is 2.94. The SMILES string of the molecule is Oc1cnc(NCCSCc2ccc(CNCc3ccco3)o2)[nH]1. The first kappa shape index (κ1) is 16.5. The Morgan fingerprint density at radius 3 is 2.83 bits per heavy atom. The third kappa shape index (κ3) is 5.10. The molecule has 0 aliphatic heterocycles. The summed E-state index contributed by atoms with van der Waals surface area (Å²) >= 11 is 1.77. The molecule has 0 unspecified atom stereocenters. The summed E-state index contributed by atoms with van der Waals surface area (Å²) in [5.41, 5.74) is 0. The van der Waals surface area contributed by atoms with Crippen LogP contribution in [0.5, 0.6) is 5.88 Å². The molecule has 3 heterocycles. The van der Waals surface area contributed by atoms with Gasteiger partial charge in [-0.15, -0.1) is 0 Å². The van der Waals surface area contributed by atoms with Crippen molar-refractivity contribution in [3.8, 4) is 5.88 Å². The van der Waals surface area contributed by atoms with Crippen molar-refractivity contribution in [1.29, 1.82) is 0 Å². The van der Waals surface area contributed by atoms with Gasteiger partial charge in [-0.2, -0.15) is 11.8 Å². The molecule has 0 spiro atoms. The van der Waals surface area contributed by atoms with E-state index in [1.807, 2.05) is 24.3 Å². The molecule has 0 aliphatic carbocycles. The van der Waals surface area contributed by atoms with Gasteiger partial charge in [0.1, 0.15) is 17.3 Å². The third-order valence-electron chi connectivity index (χ3n) is 3.24. The van der Waals surface area contributed by atoms with E-state index in [9.17, 15) is 0 Å². The number of nitrogens with one attached hydrogen (secondary N) is 3. The van der Waals surface area contributed by atoms with Gasteiger partial charge in [-0.1, -0.05) is 0 Å². The molecule has 0 aromatic carbocycles. The Kier molecular flexibility index (Phi) is 5.86. The minimum absolute atomic E-state index is 0.0638. The maximum absolute atomic E-state index is 9.14. The summed E-state index contributed by atoms with van der Waals surface area (Å²) in [6.07, 6.45) is 3.04. The lowest BCUT2D eigenvalue weighted by Gasteiger charge is -2.02.